The van der Waals surface area contributed by atoms with Gasteiger partial charge in [-0.05, 0) is 25.0 Å². The zero-order valence-electron chi connectivity index (χ0n) is 12.7. The van der Waals surface area contributed by atoms with E-state index in [0.29, 0.717) is 13.0 Å². The third-order valence-electron chi connectivity index (χ3n) is 3.16. The number of para-hydroxylation sites is 1. The molecule has 2 aromatic rings. The average molecular weight is 359 g/mol. The van der Waals surface area contributed by atoms with Gasteiger partial charge >= 0.3 is 0 Å². The second kappa shape index (κ2) is 8.86. The number of sulfonamides is 1. The van der Waals surface area contributed by atoms with E-state index in [2.05, 4.69) is 22.7 Å². The maximum absolute atomic E-state index is 11.8. The monoisotopic (exact) mass is 358 g/mol. The molecule has 0 saturated heterocycles. The minimum absolute atomic E-state index is 0.191. The van der Waals surface area contributed by atoms with Gasteiger partial charge in [0.25, 0.3) is 0 Å². The van der Waals surface area contributed by atoms with Gasteiger partial charge in [0, 0.05) is 12.3 Å². The highest BCUT2D eigenvalue weighted by Gasteiger charge is 2.10. The summed E-state index contributed by atoms with van der Waals surface area (Å²) in [4.78, 5) is 4.53. The van der Waals surface area contributed by atoms with Crippen LogP contribution in [0.2, 0.25) is 0 Å². The van der Waals surface area contributed by atoms with Crippen LogP contribution in [0.15, 0.2) is 28.6 Å². The van der Waals surface area contributed by atoms with E-state index in [1.54, 1.807) is 23.1 Å². The van der Waals surface area contributed by atoms with Crippen molar-refractivity contribution in [2.75, 3.05) is 18.1 Å². The molecule has 0 unspecified atom stereocenters. The molecule has 0 saturated carbocycles. The Labute approximate surface area is 140 Å². The van der Waals surface area contributed by atoms with E-state index in [-0.39, 0.29) is 5.75 Å². The molecular weight excluding hydrogens is 336 g/mol. The number of benzene rings is 1. The number of nitrogens with one attached hydrogen (secondary N) is 1. The van der Waals surface area contributed by atoms with Crippen LogP contribution in [0.25, 0.3) is 10.2 Å². The van der Waals surface area contributed by atoms with Gasteiger partial charge in [0.1, 0.15) is 0 Å². The summed E-state index contributed by atoms with van der Waals surface area (Å²) < 4.78 is 28.5. The first-order valence-electron chi connectivity index (χ1n) is 7.56. The SMILES string of the molecule is CCCCCNS(=O)(=O)CCCSc1nc2ccccc2s1. The van der Waals surface area contributed by atoms with Crippen LogP contribution in [0.4, 0.5) is 0 Å². The van der Waals surface area contributed by atoms with E-state index in [1.807, 2.05) is 18.2 Å². The van der Waals surface area contributed by atoms with Gasteiger partial charge in [0.2, 0.25) is 10.0 Å². The maximum Gasteiger partial charge on any atom is 0.211 e. The Morgan fingerprint density at radius 2 is 2.05 bits per heavy atom. The highest BCUT2D eigenvalue weighted by Crippen LogP contribution is 2.29. The van der Waals surface area contributed by atoms with Crippen LogP contribution in [-0.4, -0.2) is 31.5 Å². The molecule has 22 heavy (non-hydrogen) atoms. The summed E-state index contributed by atoms with van der Waals surface area (Å²) in [6, 6.07) is 8.04. The summed E-state index contributed by atoms with van der Waals surface area (Å²) in [5.74, 6) is 0.965. The van der Waals surface area contributed by atoms with Crippen molar-refractivity contribution in [3.63, 3.8) is 0 Å². The van der Waals surface area contributed by atoms with Crippen molar-refractivity contribution < 1.29 is 8.42 Å². The molecule has 1 aromatic heterocycles. The molecule has 2 rings (SSSR count). The predicted octanol–water partition coefficient (Wildman–Crippen LogP) is 3.89. The Kier molecular flexibility index (Phi) is 7.14. The molecule has 7 heteroatoms. The molecule has 1 heterocycles. The Balaban J connectivity index is 1.70. The summed E-state index contributed by atoms with van der Waals surface area (Å²) in [5, 5.41) is 0. The molecular formula is C15H22N2O2S3. The van der Waals surface area contributed by atoms with E-state index in [9.17, 15) is 8.42 Å². The van der Waals surface area contributed by atoms with E-state index in [4.69, 9.17) is 0 Å². The zero-order valence-corrected chi connectivity index (χ0v) is 15.2. The number of rotatable bonds is 10. The molecule has 0 atom stereocenters. The highest BCUT2D eigenvalue weighted by molar-refractivity contribution is 8.01. The topological polar surface area (TPSA) is 59.1 Å². The second-order valence-corrected chi connectivity index (χ2v) is 9.37. The highest BCUT2D eigenvalue weighted by atomic mass is 32.2. The fraction of sp³-hybridized carbons (Fsp3) is 0.533. The molecule has 0 amide bonds. The number of aromatic nitrogens is 1. The predicted molar refractivity (Wildman–Crippen MR) is 96.3 cm³/mol. The molecule has 1 aromatic carbocycles. The first kappa shape index (κ1) is 17.7. The lowest BCUT2D eigenvalue weighted by Gasteiger charge is -2.05. The van der Waals surface area contributed by atoms with Gasteiger partial charge in [-0.1, -0.05) is 43.7 Å². The molecule has 1 N–H and O–H groups in total. The normalized spacial score (nSPS) is 12.0. The van der Waals surface area contributed by atoms with Crippen LogP contribution in [-0.2, 0) is 10.0 Å². The minimum Gasteiger partial charge on any atom is -0.230 e. The van der Waals surface area contributed by atoms with Crippen molar-refractivity contribution in [3.05, 3.63) is 24.3 Å². The number of unbranched alkanes of at least 4 members (excludes halogenated alkanes) is 2. The third-order valence-corrected chi connectivity index (χ3v) is 6.90. The zero-order chi connectivity index (χ0) is 15.8. The lowest BCUT2D eigenvalue weighted by Crippen LogP contribution is -2.27. The van der Waals surface area contributed by atoms with Crippen LogP contribution in [0.5, 0.6) is 0 Å². The van der Waals surface area contributed by atoms with Crippen molar-refractivity contribution in [2.45, 2.75) is 36.9 Å². The van der Waals surface area contributed by atoms with Gasteiger partial charge in [-0.2, -0.15) is 0 Å². The summed E-state index contributed by atoms with van der Waals surface area (Å²) in [7, 11) is -3.12. The lowest BCUT2D eigenvalue weighted by atomic mass is 10.3. The number of hydrogen-bond donors (Lipinski definition) is 1. The molecule has 0 aliphatic carbocycles. The number of fused-ring (bicyclic) bond motifs is 1. The fourth-order valence-electron chi connectivity index (χ4n) is 2.00. The summed E-state index contributed by atoms with van der Waals surface area (Å²) in [6.45, 7) is 2.66. The molecule has 122 valence electrons. The third kappa shape index (κ3) is 5.87. The van der Waals surface area contributed by atoms with Gasteiger partial charge < -0.3 is 0 Å². The number of hydrogen-bond acceptors (Lipinski definition) is 5. The van der Waals surface area contributed by atoms with Gasteiger partial charge in [0.15, 0.2) is 4.34 Å². The van der Waals surface area contributed by atoms with Crippen molar-refractivity contribution in [3.8, 4) is 0 Å². The van der Waals surface area contributed by atoms with Crippen LogP contribution in [0, 0.1) is 0 Å². The molecule has 0 spiro atoms. The second-order valence-electron chi connectivity index (χ2n) is 5.07. The Morgan fingerprint density at radius 3 is 2.82 bits per heavy atom. The van der Waals surface area contributed by atoms with Crippen molar-refractivity contribution in [1.82, 2.24) is 9.71 Å². The molecule has 0 fully saturated rings. The van der Waals surface area contributed by atoms with Crippen molar-refractivity contribution in [2.24, 2.45) is 0 Å². The van der Waals surface area contributed by atoms with Crippen molar-refractivity contribution >= 4 is 43.3 Å². The van der Waals surface area contributed by atoms with E-state index in [0.717, 1.165) is 34.9 Å². The van der Waals surface area contributed by atoms with Crippen LogP contribution in [0.3, 0.4) is 0 Å². The number of nitrogens with zero attached hydrogens (tertiary/aromatic N) is 1. The van der Waals surface area contributed by atoms with Crippen LogP contribution >= 0.6 is 23.1 Å². The Bertz CT molecular complexity index is 650. The van der Waals surface area contributed by atoms with E-state index in [1.165, 1.54) is 4.70 Å². The molecule has 0 bridgehead atoms. The average Bonchev–Trinajstić information content (AvgIpc) is 2.91. The minimum atomic E-state index is -3.12. The molecule has 0 aliphatic heterocycles. The number of thioether (sulfide) groups is 1. The van der Waals surface area contributed by atoms with Gasteiger partial charge in [-0.25, -0.2) is 18.1 Å². The largest absolute Gasteiger partial charge is 0.230 e. The molecule has 0 radical (unpaired) electrons. The van der Waals surface area contributed by atoms with Crippen LogP contribution < -0.4 is 4.72 Å². The quantitative estimate of drug-likeness (QED) is 0.517. The molecule has 4 nitrogen and oxygen atoms in total. The fourth-order valence-corrected chi connectivity index (χ4v) is 5.38. The standard InChI is InChI=1S/C15H22N2O2S3/c1-2-3-6-10-16-22(18,19)12-7-11-20-15-17-13-8-4-5-9-14(13)21-15/h4-5,8-9,16H,2-3,6-7,10-12H2,1H3. The summed E-state index contributed by atoms with van der Waals surface area (Å²) >= 11 is 3.30. The molecule has 0 aliphatic rings. The first-order valence-corrected chi connectivity index (χ1v) is 11.0. The van der Waals surface area contributed by atoms with Crippen molar-refractivity contribution in [1.29, 1.82) is 0 Å². The summed E-state index contributed by atoms with van der Waals surface area (Å²) in [6.07, 6.45) is 3.72. The Hall–Kier alpha value is -0.630. The smallest absolute Gasteiger partial charge is 0.211 e. The van der Waals surface area contributed by atoms with Crippen LogP contribution in [0.1, 0.15) is 32.6 Å². The van der Waals surface area contributed by atoms with Gasteiger partial charge in [-0.15, -0.1) is 11.3 Å². The Morgan fingerprint density at radius 1 is 1.23 bits per heavy atom. The lowest BCUT2D eigenvalue weighted by molar-refractivity contribution is 0.575. The number of thiazole rings is 1. The first-order chi connectivity index (χ1) is 10.6. The summed E-state index contributed by atoms with van der Waals surface area (Å²) in [5.41, 5.74) is 1.01. The maximum atomic E-state index is 11.8. The van der Waals surface area contributed by atoms with Gasteiger partial charge in [-0.3, -0.25) is 0 Å². The van der Waals surface area contributed by atoms with E-state index < -0.39 is 10.0 Å². The van der Waals surface area contributed by atoms with E-state index >= 15 is 0 Å². The van der Waals surface area contributed by atoms with Gasteiger partial charge in [0.05, 0.1) is 16.0 Å².